The number of esters is 1. The molecular weight excluding hydrogens is 191 g/mol. The summed E-state index contributed by atoms with van der Waals surface area (Å²) in [7, 11) is -1.56. The van der Waals surface area contributed by atoms with Crippen molar-refractivity contribution in [3.8, 4) is 0 Å². The molecule has 0 saturated heterocycles. The topological polar surface area (TPSA) is 35.5 Å². The molecule has 0 aromatic carbocycles. The zero-order chi connectivity index (χ0) is 10.5. The average Bonchev–Trinajstić information content (AvgIpc) is 1.95. The van der Waals surface area contributed by atoms with E-state index in [0.717, 1.165) is 0 Å². The van der Waals surface area contributed by atoms with E-state index in [2.05, 4.69) is 11.3 Å². The van der Waals surface area contributed by atoms with Gasteiger partial charge in [-0.15, -0.1) is 0 Å². The van der Waals surface area contributed by atoms with Crippen molar-refractivity contribution in [1.82, 2.24) is 0 Å². The molecule has 0 unspecified atom stereocenters. The number of ether oxygens (including phenoxy) is 1. The van der Waals surface area contributed by atoms with E-state index in [1.165, 1.54) is 0 Å². The lowest BCUT2D eigenvalue weighted by molar-refractivity contribution is -0.141. The SMILES string of the molecule is C=C(F)C(=O)OCCO[Si](C)(C)C. The fourth-order valence-electron chi connectivity index (χ4n) is 0.561. The second-order valence-corrected chi connectivity index (χ2v) is 8.02. The highest BCUT2D eigenvalue weighted by atomic mass is 28.4. The van der Waals surface area contributed by atoms with E-state index in [1.807, 2.05) is 19.6 Å². The molecule has 0 radical (unpaired) electrons. The predicted octanol–water partition coefficient (Wildman–Crippen LogP) is 1.86. The summed E-state index contributed by atoms with van der Waals surface area (Å²) < 4.78 is 21.9. The zero-order valence-corrected chi connectivity index (χ0v) is 9.22. The number of rotatable bonds is 5. The lowest BCUT2D eigenvalue weighted by Gasteiger charge is -2.16. The van der Waals surface area contributed by atoms with Gasteiger partial charge in [-0.05, 0) is 19.6 Å². The summed E-state index contributed by atoms with van der Waals surface area (Å²) in [5.74, 6) is -2.09. The minimum Gasteiger partial charge on any atom is -0.458 e. The van der Waals surface area contributed by atoms with Gasteiger partial charge in [0.1, 0.15) is 6.61 Å². The molecular formula is C8H15FO3Si. The Labute approximate surface area is 78.7 Å². The van der Waals surface area contributed by atoms with Crippen LogP contribution in [-0.2, 0) is 14.0 Å². The summed E-state index contributed by atoms with van der Waals surface area (Å²) in [6, 6.07) is 0. The minimum atomic E-state index is -1.56. The maximum Gasteiger partial charge on any atom is 0.366 e. The Hall–Kier alpha value is -0.683. The molecule has 0 aliphatic heterocycles. The van der Waals surface area contributed by atoms with Gasteiger partial charge in [0.25, 0.3) is 0 Å². The smallest absolute Gasteiger partial charge is 0.366 e. The first-order valence-electron chi connectivity index (χ1n) is 3.98. The highest BCUT2D eigenvalue weighted by Crippen LogP contribution is 2.02. The molecule has 0 N–H and O–H groups in total. The molecule has 0 fully saturated rings. The molecule has 0 aliphatic carbocycles. The van der Waals surface area contributed by atoms with Crippen LogP contribution in [0.2, 0.25) is 19.6 Å². The van der Waals surface area contributed by atoms with Gasteiger partial charge in [-0.25, -0.2) is 4.79 Å². The van der Waals surface area contributed by atoms with Crippen molar-refractivity contribution in [2.24, 2.45) is 0 Å². The van der Waals surface area contributed by atoms with Crippen molar-refractivity contribution in [3.63, 3.8) is 0 Å². The Balaban J connectivity index is 3.47. The second kappa shape index (κ2) is 5.13. The van der Waals surface area contributed by atoms with Crippen molar-refractivity contribution in [2.75, 3.05) is 13.2 Å². The summed E-state index contributed by atoms with van der Waals surface area (Å²) in [4.78, 5) is 10.5. The number of halogens is 1. The summed E-state index contributed by atoms with van der Waals surface area (Å²) >= 11 is 0. The lowest BCUT2D eigenvalue weighted by Crippen LogP contribution is -2.27. The van der Waals surface area contributed by atoms with Crippen LogP contribution >= 0.6 is 0 Å². The van der Waals surface area contributed by atoms with Gasteiger partial charge in [-0.1, -0.05) is 6.58 Å². The van der Waals surface area contributed by atoms with Gasteiger partial charge >= 0.3 is 5.97 Å². The molecule has 0 heterocycles. The summed E-state index contributed by atoms with van der Waals surface area (Å²) in [5.41, 5.74) is 0. The monoisotopic (exact) mass is 206 g/mol. The first kappa shape index (κ1) is 12.3. The van der Waals surface area contributed by atoms with E-state index in [9.17, 15) is 9.18 Å². The summed E-state index contributed by atoms with van der Waals surface area (Å²) in [6.07, 6.45) is 0. The average molecular weight is 206 g/mol. The molecule has 0 aliphatic rings. The maximum absolute atomic E-state index is 12.1. The Bertz CT molecular complexity index is 198. The molecule has 0 atom stereocenters. The van der Waals surface area contributed by atoms with Crippen LogP contribution in [0.15, 0.2) is 12.4 Å². The van der Waals surface area contributed by atoms with Crippen LogP contribution in [-0.4, -0.2) is 27.5 Å². The van der Waals surface area contributed by atoms with Crippen molar-refractivity contribution in [2.45, 2.75) is 19.6 Å². The molecule has 0 bridgehead atoms. The van der Waals surface area contributed by atoms with E-state index in [-0.39, 0.29) is 6.61 Å². The van der Waals surface area contributed by atoms with Gasteiger partial charge in [0, 0.05) is 0 Å². The van der Waals surface area contributed by atoms with Crippen LogP contribution in [0, 0.1) is 0 Å². The molecule has 5 heteroatoms. The number of carbonyl (C=O) groups is 1. The zero-order valence-electron chi connectivity index (χ0n) is 8.22. The van der Waals surface area contributed by atoms with E-state index in [0.29, 0.717) is 6.61 Å². The van der Waals surface area contributed by atoms with Crippen LogP contribution in [0.25, 0.3) is 0 Å². The van der Waals surface area contributed by atoms with Gasteiger partial charge in [0.15, 0.2) is 8.32 Å². The first-order valence-corrected chi connectivity index (χ1v) is 7.39. The first-order chi connectivity index (χ1) is 5.83. The van der Waals surface area contributed by atoms with Gasteiger partial charge < -0.3 is 9.16 Å². The molecule has 0 aromatic rings. The quantitative estimate of drug-likeness (QED) is 0.298. The van der Waals surface area contributed by atoms with E-state index < -0.39 is 20.1 Å². The summed E-state index contributed by atoms with van der Waals surface area (Å²) in [5, 5.41) is 0. The van der Waals surface area contributed by atoms with E-state index >= 15 is 0 Å². The van der Waals surface area contributed by atoms with Gasteiger partial charge in [0.05, 0.1) is 6.61 Å². The molecule has 0 aromatic heterocycles. The number of carbonyl (C=O) groups excluding carboxylic acids is 1. The van der Waals surface area contributed by atoms with Crippen LogP contribution in [0.1, 0.15) is 0 Å². The van der Waals surface area contributed by atoms with Crippen molar-refractivity contribution in [1.29, 1.82) is 0 Å². The van der Waals surface area contributed by atoms with Gasteiger partial charge in [0.2, 0.25) is 5.83 Å². The highest BCUT2D eigenvalue weighted by Gasteiger charge is 2.14. The van der Waals surface area contributed by atoms with Gasteiger partial charge in [-0.2, -0.15) is 4.39 Å². The van der Waals surface area contributed by atoms with Crippen molar-refractivity contribution in [3.05, 3.63) is 12.4 Å². The third-order valence-electron chi connectivity index (χ3n) is 1.07. The predicted molar refractivity (Wildman–Crippen MR) is 50.5 cm³/mol. The molecule has 0 spiro atoms. The van der Waals surface area contributed by atoms with Crippen LogP contribution in [0.5, 0.6) is 0 Å². The highest BCUT2D eigenvalue weighted by molar-refractivity contribution is 6.69. The van der Waals surface area contributed by atoms with Crippen molar-refractivity contribution >= 4 is 14.3 Å². The Morgan fingerprint density at radius 1 is 1.38 bits per heavy atom. The Morgan fingerprint density at radius 3 is 2.31 bits per heavy atom. The molecule has 3 nitrogen and oxygen atoms in total. The maximum atomic E-state index is 12.1. The van der Waals surface area contributed by atoms with Crippen LogP contribution in [0.3, 0.4) is 0 Å². The second-order valence-electron chi connectivity index (χ2n) is 3.50. The fraction of sp³-hybridized carbons (Fsp3) is 0.625. The molecule has 0 rings (SSSR count). The standard InChI is InChI=1S/C8H15FO3Si/c1-7(9)8(10)11-5-6-12-13(2,3)4/h1,5-6H2,2-4H3. The largest absolute Gasteiger partial charge is 0.458 e. The summed E-state index contributed by atoms with van der Waals surface area (Å²) in [6.45, 7) is 9.25. The minimum absolute atomic E-state index is 0.0754. The fourth-order valence-corrected chi connectivity index (χ4v) is 1.26. The molecule has 0 amide bonds. The lowest BCUT2D eigenvalue weighted by atomic mass is 10.6. The van der Waals surface area contributed by atoms with Crippen LogP contribution < -0.4 is 0 Å². The molecule has 13 heavy (non-hydrogen) atoms. The number of hydrogen-bond acceptors (Lipinski definition) is 3. The molecule has 0 saturated carbocycles. The normalized spacial score (nSPS) is 11.1. The van der Waals surface area contributed by atoms with Crippen molar-refractivity contribution < 1.29 is 18.3 Å². The third kappa shape index (κ3) is 7.67. The van der Waals surface area contributed by atoms with E-state index in [1.54, 1.807) is 0 Å². The molecule has 76 valence electrons. The Morgan fingerprint density at radius 2 is 1.92 bits per heavy atom. The number of hydrogen-bond donors (Lipinski definition) is 0. The Kier molecular flexibility index (Phi) is 4.86. The van der Waals surface area contributed by atoms with Gasteiger partial charge in [-0.3, -0.25) is 0 Å². The third-order valence-corrected chi connectivity index (χ3v) is 2.14. The van der Waals surface area contributed by atoms with Crippen LogP contribution in [0.4, 0.5) is 4.39 Å². The van der Waals surface area contributed by atoms with E-state index in [4.69, 9.17) is 4.43 Å².